The van der Waals surface area contributed by atoms with Crippen LogP contribution in [0.2, 0.25) is 0 Å². The predicted molar refractivity (Wildman–Crippen MR) is 106 cm³/mol. The van der Waals surface area contributed by atoms with Gasteiger partial charge < -0.3 is 4.98 Å². The largest absolute Gasteiger partial charge is 0.417 e. The second-order valence-corrected chi connectivity index (χ2v) is 7.37. The van der Waals surface area contributed by atoms with Crippen LogP contribution in [-0.4, -0.2) is 11.2 Å². The molecular weight excluding hydrogens is 405 g/mol. The van der Waals surface area contributed by atoms with E-state index in [-0.39, 0.29) is 16.8 Å². The number of alkyl halides is 3. The second-order valence-electron chi connectivity index (χ2n) is 6.49. The molecule has 29 heavy (non-hydrogen) atoms. The molecule has 0 atom stereocenters. The molecule has 0 saturated carbocycles. The molecule has 4 aromatic rings. The van der Waals surface area contributed by atoms with E-state index in [2.05, 4.69) is 4.98 Å². The minimum atomic E-state index is -4.50. The van der Waals surface area contributed by atoms with Crippen molar-refractivity contribution < 1.29 is 22.0 Å². The van der Waals surface area contributed by atoms with Crippen LogP contribution in [0.15, 0.2) is 65.6 Å². The molecule has 0 aliphatic rings. The molecule has 0 saturated heterocycles. The van der Waals surface area contributed by atoms with E-state index in [1.54, 1.807) is 30.5 Å². The van der Waals surface area contributed by atoms with E-state index in [0.29, 0.717) is 21.4 Å². The van der Waals surface area contributed by atoms with Crippen molar-refractivity contribution in [3.05, 3.63) is 77.9 Å². The fourth-order valence-corrected chi connectivity index (χ4v) is 3.77. The van der Waals surface area contributed by atoms with Gasteiger partial charge in [0.2, 0.25) is 0 Å². The van der Waals surface area contributed by atoms with Crippen LogP contribution in [-0.2, 0) is 6.18 Å². The lowest BCUT2D eigenvalue weighted by atomic mass is 9.98. The summed E-state index contributed by atoms with van der Waals surface area (Å²) < 4.78 is 68.9. The highest BCUT2D eigenvalue weighted by molar-refractivity contribution is 7.98. The monoisotopic (exact) mass is 419 g/mol. The maximum Gasteiger partial charge on any atom is 0.417 e. The molecule has 1 nitrogen and oxygen atoms in total. The Hall–Kier alpha value is -2.80. The zero-order chi connectivity index (χ0) is 20.8. The first-order valence-electron chi connectivity index (χ1n) is 8.60. The molecule has 3 aromatic carbocycles. The number of thioether (sulfide) groups is 1. The van der Waals surface area contributed by atoms with Gasteiger partial charge in [-0.15, -0.1) is 11.8 Å². The van der Waals surface area contributed by atoms with E-state index < -0.39 is 23.4 Å². The number of fused-ring (bicyclic) bond motifs is 1. The molecule has 7 heteroatoms. The summed E-state index contributed by atoms with van der Waals surface area (Å²) in [7, 11) is 0. The first-order chi connectivity index (χ1) is 13.8. The molecule has 1 heterocycles. The van der Waals surface area contributed by atoms with E-state index in [9.17, 15) is 22.0 Å². The molecule has 4 rings (SSSR count). The normalized spacial score (nSPS) is 11.9. The number of H-pyrrole nitrogens is 1. The van der Waals surface area contributed by atoms with Gasteiger partial charge in [0, 0.05) is 15.8 Å². The lowest BCUT2D eigenvalue weighted by Crippen LogP contribution is -2.07. The summed E-state index contributed by atoms with van der Waals surface area (Å²) in [5.74, 6) is -1.44. The molecule has 0 bridgehead atoms. The zero-order valence-corrected chi connectivity index (χ0v) is 15.9. The fourth-order valence-electron chi connectivity index (χ4n) is 3.33. The summed E-state index contributed by atoms with van der Waals surface area (Å²) >= 11 is 1.23. The van der Waals surface area contributed by atoms with Crippen molar-refractivity contribution in [3.63, 3.8) is 0 Å². The minimum Gasteiger partial charge on any atom is -0.354 e. The molecule has 0 aliphatic carbocycles. The van der Waals surface area contributed by atoms with Crippen molar-refractivity contribution in [1.82, 2.24) is 4.98 Å². The van der Waals surface area contributed by atoms with E-state index in [0.717, 1.165) is 18.2 Å². The number of hydrogen-bond donors (Lipinski definition) is 1. The number of benzene rings is 3. The first kappa shape index (κ1) is 19.5. The van der Waals surface area contributed by atoms with Crippen LogP contribution in [0.5, 0.6) is 0 Å². The van der Waals surface area contributed by atoms with E-state index in [4.69, 9.17) is 0 Å². The van der Waals surface area contributed by atoms with E-state index in [1.807, 2.05) is 0 Å². The van der Waals surface area contributed by atoms with Crippen LogP contribution in [0.4, 0.5) is 22.0 Å². The Labute approximate surface area is 167 Å². The number of aromatic amines is 1. The van der Waals surface area contributed by atoms with Crippen molar-refractivity contribution in [2.24, 2.45) is 0 Å². The molecule has 0 unspecified atom stereocenters. The average molecular weight is 419 g/mol. The van der Waals surface area contributed by atoms with Crippen molar-refractivity contribution in [1.29, 1.82) is 0 Å². The van der Waals surface area contributed by atoms with Gasteiger partial charge in [-0.3, -0.25) is 0 Å². The van der Waals surface area contributed by atoms with Gasteiger partial charge in [0.25, 0.3) is 0 Å². The van der Waals surface area contributed by atoms with Crippen LogP contribution < -0.4 is 0 Å². The number of hydrogen-bond acceptors (Lipinski definition) is 1. The van der Waals surface area contributed by atoms with Gasteiger partial charge in [0.15, 0.2) is 0 Å². The van der Waals surface area contributed by atoms with Gasteiger partial charge in [0.1, 0.15) is 11.6 Å². The second kappa shape index (κ2) is 7.22. The van der Waals surface area contributed by atoms with Crippen molar-refractivity contribution in [3.8, 4) is 22.4 Å². The van der Waals surface area contributed by atoms with E-state index in [1.165, 1.54) is 30.0 Å². The van der Waals surface area contributed by atoms with Crippen molar-refractivity contribution in [2.75, 3.05) is 6.26 Å². The maximum absolute atomic E-state index is 14.1. The standard InChI is InChI=1S/C22H14F5NS/c1-29-14-6-7-15(16(11-14)22(25,26)27)12-5-8-19-13(9-12)10-20(28-19)21-17(23)3-2-4-18(21)24/h2-11,28H,1H3. The Balaban J connectivity index is 1.86. The Morgan fingerprint density at radius 2 is 1.59 bits per heavy atom. The highest BCUT2D eigenvalue weighted by Crippen LogP contribution is 2.40. The van der Waals surface area contributed by atoms with Crippen LogP contribution in [0.3, 0.4) is 0 Å². The third-order valence-electron chi connectivity index (χ3n) is 4.70. The van der Waals surface area contributed by atoms with Gasteiger partial charge in [-0.05, 0) is 59.8 Å². The van der Waals surface area contributed by atoms with Crippen LogP contribution in [0, 0.1) is 11.6 Å². The molecular formula is C22H14F5NS. The number of nitrogens with one attached hydrogen (secondary N) is 1. The molecule has 148 valence electrons. The van der Waals surface area contributed by atoms with Gasteiger partial charge in [-0.1, -0.05) is 18.2 Å². The summed E-state index contributed by atoms with van der Waals surface area (Å²) in [6.07, 6.45) is -2.79. The van der Waals surface area contributed by atoms with Gasteiger partial charge in [0.05, 0.1) is 16.8 Å². The molecule has 1 N–H and O–H groups in total. The summed E-state index contributed by atoms with van der Waals surface area (Å²) in [6, 6.07) is 14.1. The topological polar surface area (TPSA) is 15.8 Å². The molecule has 0 spiro atoms. The summed E-state index contributed by atoms with van der Waals surface area (Å²) in [5.41, 5.74) is 0.293. The Kier molecular flexibility index (Phi) is 4.86. The summed E-state index contributed by atoms with van der Waals surface area (Å²) in [4.78, 5) is 3.44. The third-order valence-corrected chi connectivity index (χ3v) is 5.42. The van der Waals surface area contributed by atoms with Crippen molar-refractivity contribution in [2.45, 2.75) is 11.1 Å². The Bertz CT molecular complexity index is 1190. The van der Waals surface area contributed by atoms with Crippen LogP contribution >= 0.6 is 11.8 Å². The Morgan fingerprint density at radius 3 is 2.24 bits per heavy atom. The number of halogens is 5. The first-order valence-corrected chi connectivity index (χ1v) is 9.83. The van der Waals surface area contributed by atoms with Gasteiger partial charge >= 0.3 is 6.18 Å². The smallest absolute Gasteiger partial charge is 0.354 e. The van der Waals surface area contributed by atoms with Crippen LogP contribution in [0.1, 0.15) is 5.56 Å². The quantitative estimate of drug-likeness (QED) is 0.268. The number of rotatable bonds is 3. The highest BCUT2D eigenvalue weighted by atomic mass is 32.2. The fraction of sp³-hybridized carbons (Fsp3) is 0.0909. The predicted octanol–water partition coefficient (Wildman–Crippen LogP) is 7.52. The third kappa shape index (κ3) is 3.62. The summed E-state index contributed by atoms with van der Waals surface area (Å²) in [5, 5.41) is 0.558. The van der Waals surface area contributed by atoms with Gasteiger partial charge in [-0.25, -0.2) is 8.78 Å². The number of aromatic nitrogens is 1. The molecule has 0 amide bonds. The van der Waals surface area contributed by atoms with Crippen molar-refractivity contribution >= 4 is 22.7 Å². The molecule has 0 aliphatic heterocycles. The minimum absolute atomic E-state index is 0.0528. The van der Waals surface area contributed by atoms with E-state index >= 15 is 0 Å². The molecule has 0 fully saturated rings. The van der Waals surface area contributed by atoms with Gasteiger partial charge in [-0.2, -0.15) is 13.2 Å². The Morgan fingerprint density at radius 1 is 0.862 bits per heavy atom. The lowest BCUT2D eigenvalue weighted by Gasteiger charge is -2.14. The average Bonchev–Trinajstić information content (AvgIpc) is 3.09. The maximum atomic E-state index is 14.1. The molecule has 1 aromatic heterocycles. The zero-order valence-electron chi connectivity index (χ0n) is 15.1. The lowest BCUT2D eigenvalue weighted by molar-refractivity contribution is -0.137. The highest BCUT2D eigenvalue weighted by Gasteiger charge is 2.34. The SMILES string of the molecule is CSc1ccc(-c2ccc3[nH]c(-c4c(F)cccc4F)cc3c2)c(C(F)(F)F)c1. The summed E-state index contributed by atoms with van der Waals surface area (Å²) in [6.45, 7) is 0. The van der Waals surface area contributed by atoms with Crippen LogP contribution in [0.25, 0.3) is 33.3 Å². The molecule has 0 radical (unpaired) electrons.